The number of rotatable bonds is 3. The van der Waals surface area contributed by atoms with Crippen LogP contribution in [0.15, 0.2) is 23.1 Å². The van der Waals surface area contributed by atoms with E-state index in [1.54, 1.807) is 6.07 Å². The number of aromatic nitrogens is 1. The lowest BCUT2D eigenvalue weighted by Gasteiger charge is -2.03. The lowest BCUT2D eigenvalue weighted by Crippen LogP contribution is -2.28. The number of pyridine rings is 1. The fourth-order valence-corrected chi connectivity index (χ4v) is 1.15. The summed E-state index contributed by atoms with van der Waals surface area (Å²) in [4.78, 5) is 11.5. The highest BCUT2D eigenvalue weighted by Crippen LogP contribution is 1.91. The van der Waals surface area contributed by atoms with Crippen LogP contribution >= 0.6 is 12.2 Å². The molecule has 0 spiro atoms. The highest BCUT2D eigenvalue weighted by atomic mass is 32.1. The minimum atomic E-state index is -0.583. The molecule has 13 heavy (non-hydrogen) atoms. The van der Waals surface area contributed by atoms with Gasteiger partial charge in [0.1, 0.15) is 11.7 Å². The van der Waals surface area contributed by atoms with Crippen LogP contribution in [0.4, 0.5) is 4.39 Å². The molecular formula is C8H9FN2OS. The number of alkyl halides is 1. The maximum Gasteiger partial charge on any atom is 0.260 e. The summed E-state index contributed by atoms with van der Waals surface area (Å²) in [7, 11) is 0. The van der Waals surface area contributed by atoms with Gasteiger partial charge in [-0.05, 0) is 12.1 Å². The first-order chi connectivity index (χ1) is 6.16. The van der Waals surface area contributed by atoms with Crippen molar-refractivity contribution in [1.82, 2.24) is 4.57 Å². The summed E-state index contributed by atoms with van der Waals surface area (Å²) in [5, 5.41) is 0. The first-order valence-corrected chi connectivity index (χ1v) is 4.13. The van der Waals surface area contributed by atoms with Crippen LogP contribution in [0.2, 0.25) is 0 Å². The molecular weight excluding hydrogens is 191 g/mol. The Kier molecular flexibility index (Phi) is 3.13. The number of nitrogens with two attached hydrogens (primary N) is 1. The molecule has 0 bridgehead atoms. The molecule has 0 saturated carbocycles. The fourth-order valence-electron chi connectivity index (χ4n) is 0.992. The highest BCUT2D eigenvalue weighted by Gasteiger charge is 2.04. The zero-order valence-electron chi connectivity index (χ0n) is 6.87. The number of hydrogen-bond donors (Lipinski definition) is 1. The molecule has 3 nitrogen and oxygen atoms in total. The maximum atomic E-state index is 12.0. The van der Waals surface area contributed by atoms with Crippen LogP contribution in [0.1, 0.15) is 5.56 Å². The van der Waals surface area contributed by atoms with Crippen LogP contribution in [-0.2, 0) is 6.54 Å². The molecule has 0 atom stereocenters. The first kappa shape index (κ1) is 9.85. The minimum absolute atomic E-state index is 0.0370. The van der Waals surface area contributed by atoms with Crippen molar-refractivity contribution in [2.45, 2.75) is 6.54 Å². The van der Waals surface area contributed by atoms with Crippen molar-refractivity contribution in [3.05, 3.63) is 34.2 Å². The number of nitrogens with zero attached hydrogens (tertiary/aromatic N) is 1. The third-order valence-corrected chi connectivity index (χ3v) is 1.83. The summed E-state index contributed by atoms with van der Waals surface area (Å²) in [6, 6.07) is 3.14. The van der Waals surface area contributed by atoms with Crippen molar-refractivity contribution < 1.29 is 4.39 Å². The van der Waals surface area contributed by atoms with E-state index in [9.17, 15) is 9.18 Å². The predicted molar refractivity (Wildman–Crippen MR) is 52.6 cm³/mol. The second-order valence-corrected chi connectivity index (χ2v) is 2.91. The topological polar surface area (TPSA) is 48.0 Å². The zero-order chi connectivity index (χ0) is 9.84. The second kappa shape index (κ2) is 4.13. The molecule has 1 aromatic rings. The average molecular weight is 200 g/mol. The lowest BCUT2D eigenvalue weighted by molar-refractivity contribution is 0.440. The van der Waals surface area contributed by atoms with Crippen LogP contribution in [0.5, 0.6) is 0 Å². The Morgan fingerprint density at radius 2 is 2.38 bits per heavy atom. The number of halogens is 1. The van der Waals surface area contributed by atoms with Crippen LogP contribution in [0, 0.1) is 0 Å². The quantitative estimate of drug-likeness (QED) is 0.721. The molecule has 1 aromatic heterocycles. The largest absolute Gasteiger partial charge is 0.389 e. The maximum absolute atomic E-state index is 12.0. The molecule has 5 heteroatoms. The van der Waals surface area contributed by atoms with Crippen molar-refractivity contribution in [2.75, 3.05) is 6.67 Å². The van der Waals surface area contributed by atoms with Crippen molar-refractivity contribution in [1.29, 1.82) is 0 Å². The van der Waals surface area contributed by atoms with Gasteiger partial charge in [0.15, 0.2) is 0 Å². The van der Waals surface area contributed by atoms with E-state index in [4.69, 9.17) is 5.73 Å². The summed E-state index contributed by atoms with van der Waals surface area (Å²) in [6.07, 6.45) is 1.50. The van der Waals surface area contributed by atoms with Gasteiger partial charge in [-0.3, -0.25) is 4.79 Å². The molecule has 0 amide bonds. The number of hydrogen-bond acceptors (Lipinski definition) is 2. The Morgan fingerprint density at radius 1 is 1.69 bits per heavy atom. The van der Waals surface area contributed by atoms with Crippen molar-refractivity contribution in [3.63, 3.8) is 0 Å². The van der Waals surface area contributed by atoms with Crippen molar-refractivity contribution in [2.24, 2.45) is 5.73 Å². The lowest BCUT2D eigenvalue weighted by atomic mass is 10.3. The van der Waals surface area contributed by atoms with E-state index in [2.05, 4.69) is 12.2 Å². The molecule has 0 aliphatic heterocycles. The average Bonchev–Trinajstić information content (AvgIpc) is 2.08. The number of thiocarbonyl (C=S) groups is 1. The minimum Gasteiger partial charge on any atom is -0.389 e. The van der Waals surface area contributed by atoms with Crippen molar-refractivity contribution >= 4 is 17.2 Å². The molecule has 0 unspecified atom stereocenters. The van der Waals surface area contributed by atoms with Gasteiger partial charge in [-0.1, -0.05) is 12.2 Å². The zero-order valence-corrected chi connectivity index (χ0v) is 7.68. The summed E-state index contributed by atoms with van der Waals surface area (Å²) < 4.78 is 13.2. The third kappa shape index (κ3) is 2.12. The van der Waals surface area contributed by atoms with E-state index in [-0.39, 0.29) is 22.7 Å². The van der Waals surface area contributed by atoms with Gasteiger partial charge in [-0.2, -0.15) is 0 Å². The molecule has 0 radical (unpaired) electrons. The third-order valence-electron chi connectivity index (χ3n) is 1.61. The van der Waals surface area contributed by atoms with E-state index >= 15 is 0 Å². The van der Waals surface area contributed by atoms with Gasteiger partial charge in [0.25, 0.3) is 5.56 Å². The SMILES string of the molecule is NC(=S)c1cccn(CCF)c1=O. The van der Waals surface area contributed by atoms with Gasteiger partial charge in [0.2, 0.25) is 0 Å². The molecule has 1 rings (SSSR count). The summed E-state index contributed by atoms with van der Waals surface area (Å²) in [6.45, 7) is -0.546. The molecule has 0 fully saturated rings. The Balaban J connectivity index is 3.19. The van der Waals surface area contributed by atoms with Crippen LogP contribution in [0.3, 0.4) is 0 Å². The van der Waals surface area contributed by atoms with Crippen LogP contribution < -0.4 is 11.3 Å². The molecule has 0 aromatic carbocycles. The van der Waals surface area contributed by atoms with Crippen molar-refractivity contribution in [3.8, 4) is 0 Å². The van der Waals surface area contributed by atoms with Gasteiger partial charge >= 0.3 is 0 Å². The number of aryl methyl sites for hydroxylation is 1. The Labute approximate surface area is 80.0 Å². The van der Waals surface area contributed by atoms with E-state index in [0.29, 0.717) is 0 Å². The molecule has 0 aliphatic carbocycles. The van der Waals surface area contributed by atoms with Gasteiger partial charge < -0.3 is 10.3 Å². The Bertz CT molecular complexity index is 375. The van der Waals surface area contributed by atoms with Gasteiger partial charge in [0.05, 0.1) is 12.1 Å². The Hall–Kier alpha value is -1.23. The molecule has 1 heterocycles. The summed E-state index contributed by atoms with van der Waals surface area (Å²) in [5.74, 6) is 0. The normalized spacial score (nSPS) is 9.92. The summed E-state index contributed by atoms with van der Waals surface area (Å²) in [5.41, 5.74) is 5.22. The monoisotopic (exact) mass is 200 g/mol. The molecule has 2 N–H and O–H groups in total. The highest BCUT2D eigenvalue weighted by molar-refractivity contribution is 7.80. The molecule has 0 saturated heterocycles. The van der Waals surface area contributed by atoms with Gasteiger partial charge in [-0.15, -0.1) is 0 Å². The molecule has 70 valence electrons. The van der Waals surface area contributed by atoms with E-state index in [0.717, 1.165) is 0 Å². The van der Waals surface area contributed by atoms with Gasteiger partial charge in [0, 0.05) is 6.20 Å². The van der Waals surface area contributed by atoms with E-state index < -0.39 is 6.67 Å². The predicted octanol–water partition coefficient (Wildman–Crippen LogP) is 0.452. The van der Waals surface area contributed by atoms with E-state index in [1.165, 1.54) is 16.8 Å². The van der Waals surface area contributed by atoms with Crippen LogP contribution in [-0.4, -0.2) is 16.2 Å². The smallest absolute Gasteiger partial charge is 0.260 e. The summed E-state index contributed by atoms with van der Waals surface area (Å²) >= 11 is 4.66. The van der Waals surface area contributed by atoms with E-state index in [1.807, 2.05) is 0 Å². The Morgan fingerprint density at radius 3 is 2.92 bits per heavy atom. The fraction of sp³-hybridized carbons (Fsp3) is 0.250. The molecule has 0 aliphatic rings. The van der Waals surface area contributed by atoms with Gasteiger partial charge in [-0.25, -0.2) is 4.39 Å². The first-order valence-electron chi connectivity index (χ1n) is 3.72. The van der Waals surface area contributed by atoms with Crippen LogP contribution in [0.25, 0.3) is 0 Å². The second-order valence-electron chi connectivity index (χ2n) is 2.47. The standard InChI is InChI=1S/C8H9FN2OS/c9-3-5-11-4-1-2-6(7(10)13)8(11)12/h1-2,4H,3,5H2,(H2,10,13).